The first-order chi connectivity index (χ1) is 11.3. The molecule has 1 fully saturated rings. The van der Waals surface area contributed by atoms with E-state index in [2.05, 4.69) is 47.1 Å². The van der Waals surface area contributed by atoms with Crippen LogP contribution in [0, 0.1) is 5.92 Å². The molecule has 0 bridgehead atoms. The molecule has 0 amide bonds. The Morgan fingerprint density at radius 1 is 1.04 bits per heavy atom. The van der Waals surface area contributed by atoms with Gasteiger partial charge in [0.05, 0.1) is 16.9 Å². The highest BCUT2D eigenvalue weighted by molar-refractivity contribution is 5.94. The minimum Gasteiger partial charge on any atom is -0.371 e. The van der Waals surface area contributed by atoms with E-state index in [-0.39, 0.29) is 0 Å². The fourth-order valence-electron chi connectivity index (χ4n) is 3.47. The number of pyridine rings is 2. The minimum atomic E-state index is 0.744. The topological polar surface area (TPSA) is 29.0 Å². The van der Waals surface area contributed by atoms with Crippen LogP contribution in [0.15, 0.2) is 54.7 Å². The van der Waals surface area contributed by atoms with Gasteiger partial charge in [-0.05, 0) is 43.0 Å². The first kappa shape index (κ1) is 14.2. The van der Waals surface area contributed by atoms with Gasteiger partial charge in [0.2, 0.25) is 0 Å². The molecular formula is C20H21N3. The highest BCUT2D eigenvalue weighted by atomic mass is 15.1. The van der Waals surface area contributed by atoms with Crippen molar-refractivity contribution in [2.24, 2.45) is 5.92 Å². The number of benzene rings is 1. The average Bonchev–Trinajstić information content (AvgIpc) is 2.61. The third-order valence-electron chi connectivity index (χ3n) is 4.62. The van der Waals surface area contributed by atoms with Gasteiger partial charge < -0.3 is 4.90 Å². The Balaban J connectivity index is 1.87. The van der Waals surface area contributed by atoms with Crippen molar-refractivity contribution < 1.29 is 0 Å². The van der Waals surface area contributed by atoms with Crippen LogP contribution in [0.5, 0.6) is 0 Å². The van der Waals surface area contributed by atoms with E-state index in [0.29, 0.717) is 0 Å². The lowest BCUT2D eigenvalue weighted by molar-refractivity contribution is 0.447. The maximum atomic E-state index is 4.83. The van der Waals surface area contributed by atoms with Gasteiger partial charge in [-0.15, -0.1) is 0 Å². The van der Waals surface area contributed by atoms with Crippen molar-refractivity contribution in [1.29, 1.82) is 0 Å². The molecule has 1 aromatic carbocycles. The Kier molecular flexibility index (Phi) is 3.70. The van der Waals surface area contributed by atoms with Crippen molar-refractivity contribution >= 4 is 16.6 Å². The number of rotatable bonds is 2. The molecule has 0 aliphatic carbocycles. The molecule has 1 aliphatic heterocycles. The molecule has 0 N–H and O–H groups in total. The van der Waals surface area contributed by atoms with E-state index in [9.17, 15) is 0 Å². The van der Waals surface area contributed by atoms with Gasteiger partial charge in [0.15, 0.2) is 0 Å². The summed E-state index contributed by atoms with van der Waals surface area (Å²) in [6.07, 6.45) is 4.41. The van der Waals surface area contributed by atoms with Gasteiger partial charge >= 0.3 is 0 Å². The quantitative estimate of drug-likeness (QED) is 0.696. The van der Waals surface area contributed by atoms with E-state index in [1.807, 2.05) is 24.4 Å². The third kappa shape index (κ3) is 2.79. The molecule has 3 heteroatoms. The lowest BCUT2D eigenvalue weighted by atomic mass is 9.99. The molecule has 23 heavy (non-hydrogen) atoms. The Hall–Kier alpha value is -2.42. The van der Waals surface area contributed by atoms with Crippen LogP contribution in [0.2, 0.25) is 0 Å². The number of hydrogen-bond acceptors (Lipinski definition) is 3. The molecule has 2 aromatic heterocycles. The molecule has 1 saturated heterocycles. The SMILES string of the molecule is CC1CCCN(c2cc(-c3ccccn3)nc3ccccc23)C1. The van der Waals surface area contributed by atoms with Crippen LogP contribution < -0.4 is 4.90 Å². The molecule has 1 atom stereocenters. The van der Waals surface area contributed by atoms with E-state index >= 15 is 0 Å². The van der Waals surface area contributed by atoms with Crippen LogP contribution in [0.1, 0.15) is 19.8 Å². The molecule has 1 aliphatic rings. The molecule has 1 unspecified atom stereocenters. The summed E-state index contributed by atoms with van der Waals surface area (Å²) >= 11 is 0. The zero-order chi connectivity index (χ0) is 15.6. The van der Waals surface area contributed by atoms with Crippen LogP contribution in [0.3, 0.4) is 0 Å². The molecular weight excluding hydrogens is 282 g/mol. The lowest BCUT2D eigenvalue weighted by Crippen LogP contribution is -2.34. The second-order valence-electron chi connectivity index (χ2n) is 6.45. The summed E-state index contributed by atoms with van der Waals surface area (Å²) in [5.74, 6) is 0.744. The number of aromatic nitrogens is 2. The summed E-state index contributed by atoms with van der Waals surface area (Å²) in [4.78, 5) is 11.8. The third-order valence-corrected chi connectivity index (χ3v) is 4.62. The van der Waals surface area contributed by atoms with Crippen molar-refractivity contribution in [3.63, 3.8) is 0 Å². The van der Waals surface area contributed by atoms with Gasteiger partial charge in [-0.25, -0.2) is 4.98 Å². The van der Waals surface area contributed by atoms with Crippen molar-refractivity contribution in [3.05, 3.63) is 54.7 Å². The predicted molar refractivity (Wildman–Crippen MR) is 95.6 cm³/mol. The van der Waals surface area contributed by atoms with Crippen molar-refractivity contribution in [1.82, 2.24) is 9.97 Å². The van der Waals surface area contributed by atoms with Crippen molar-refractivity contribution in [3.8, 4) is 11.4 Å². The summed E-state index contributed by atoms with van der Waals surface area (Å²) in [6, 6.07) is 16.6. The van der Waals surface area contributed by atoms with Gasteiger partial charge in [-0.2, -0.15) is 0 Å². The van der Waals surface area contributed by atoms with E-state index in [1.165, 1.54) is 23.9 Å². The summed E-state index contributed by atoms with van der Waals surface area (Å²) in [5, 5.41) is 1.24. The summed E-state index contributed by atoms with van der Waals surface area (Å²) < 4.78 is 0. The van der Waals surface area contributed by atoms with Gasteiger partial charge in [0.1, 0.15) is 0 Å². The zero-order valence-corrected chi connectivity index (χ0v) is 13.4. The van der Waals surface area contributed by atoms with Crippen LogP contribution >= 0.6 is 0 Å². The van der Waals surface area contributed by atoms with Crippen LogP contribution in [0.25, 0.3) is 22.3 Å². The number of nitrogens with zero attached hydrogens (tertiary/aromatic N) is 3. The van der Waals surface area contributed by atoms with Gasteiger partial charge in [0.25, 0.3) is 0 Å². The van der Waals surface area contributed by atoms with Gasteiger partial charge in [0, 0.05) is 30.4 Å². The molecule has 3 heterocycles. The number of hydrogen-bond donors (Lipinski definition) is 0. The first-order valence-electron chi connectivity index (χ1n) is 8.37. The zero-order valence-electron chi connectivity index (χ0n) is 13.4. The molecule has 3 nitrogen and oxygen atoms in total. The Bertz CT molecular complexity index is 813. The van der Waals surface area contributed by atoms with E-state index < -0.39 is 0 Å². The highest BCUT2D eigenvalue weighted by Gasteiger charge is 2.19. The lowest BCUT2D eigenvalue weighted by Gasteiger charge is -2.33. The first-order valence-corrected chi connectivity index (χ1v) is 8.37. The van der Waals surface area contributed by atoms with Gasteiger partial charge in [-0.3, -0.25) is 4.98 Å². The fourth-order valence-corrected chi connectivity index (χ4v) is 3.47. The number of anilines is 1. The molecule has 0 saturated carbocycles. The molecule has 0 radical (unpaired) electrons. The maximum Gasteiger partial charge on any atom is 0.0914 e. The van der Waals surface area contributed by atoms with Crippen molar-refractivity contribution in [2.75, 3.05) is 18.0 Å². The highest BCUT2D eigenvalue weighted by Crippen LogP contribution is 2.32. The molecule has 0 spiro atoms. The van der Waals surface area contributed by atoms with Crippen molar-refractivity contribution in [2.45, 2.75) is 19.8 Å². The Morgan fingerprint density at radius 3 is 2.74 bits per heavy atom. The van der Waals surface area contributed by atoms with E-state index in [4.69, 9.17) is 4.98 Å². The number of para-hydroxylation sites is 1. The van der Waals surface area contributed by atoms with Gasteiger partial charge in [-0.1, -0.05) is 31.2 Å². The number of fused-ring (bicyclic) bond motifs is 1. The Morgan fingerprint density at radius 2 is 1.91 bits per heavy atom. The molecule has 3 aromatic rings. The molecule has 116 valence electrons. The normalized spacial score (nSPS) is 18.3. The second kappa shape index (κ2) is 5.99. The van der Waals surface area contributed by atoms with Crippen LogP contribution in [-0.4, -0.2) is 23.1 Å². The fraction of sp³-hybridized carbons (Fsp3) is 0.300. The summed E-state index contributed by atoms with van der Waals surface area (Å²) in [6.45, 7) is 4.59. The Labute approximate surface area is 137 Å². The van der Waals surface area contributed by atoms with Crippen LogP contribution in [0.4, 0.5) is 5.69 Å². The second-order valence-corrected chi connectivity index (χ2v) is 6.45. The summed E-state index contributed by atoms with van der Waals surface area (Å²) in [5.41, 5.74) is 4.23. The van der Waals surface area contributed by atoms with E-state index in [1.54, 1.807) is 0 Å². The van der Waals surface area contributed by atoms with E-state index in [0.717, 1.165) is 35.9 Å². The minimum absolute atomic E-state index is 0.744. The maximum absolute atomic E-state index is 4.83. The smallest absolute Gasteiger partial charge is 0.0914 e. The average molecular weight is 303 g/mol. The molecule has 4 rings (SSSR count). The summed E-state index contributed by atoms with van der Waals surface area (Å²) in [7, 11) is 0. The standard InChI is InChI=1S/C20H21N3/c1-15-7-6-12-23(14-15)20-13-19(18-10-4-5-11-21-18)22-17-9-3-2-8-16(17)20/h2-5,8-11,13,15H,6-7,12,14H2,1H3. The number of piperidine rings is 1. The van der Waals surface area contributed by atoms with Crippen LogP contribution in [-0.2, 0) is 0 Å². The predicted octanol–water partition coefficient (Wildman–Crippen LogP) is 4.53. The largest absolute Gasteiger partial charge is 0.371 e. The monoisotopic (exact) mass is 303 g/mol.